The van der Waals surface area contributed by atoms with Crippen molar-refractivity contribution in [3.63, 3.8) is 0 Å². The van der Waals surface area contributed by atoms with E-state index in [1.807, 2.05) is 29.8 Å². The molecule has 0 amide bonds. The number of nitrogens with zero attached hydrogens (tertiary/aromatic N) is 2. The van der Waals surface area contributed by atoms with Crippen molar-refractivity contribution in [3.8, 4) is 11.4 Å². The van der Waals surface area contributed by atoms with Crippen LogP contribution in [0.1, 0.15) is 5.69 Å². The number of hydrogen-bond acceptors (Lipinski definition) is 3. The van der Waals surface area contributed by atoms with Gasteiger partial charge in [-0.15, -0.1) is 0 Å². The molecule has 96 valence electrons. The maximum absolute atomic E-state index is 6.14. The Kier molecular flexibility index (Phi) is 3.86. The fraction of sp³-hybridized carbons (Fsp3) is 0.250. The van der Waals surface area contributed by atoms with Gasteiger partial charge in [0.2, 0.25) is 0 Å². The number of methoxy groups -OCH3 is 1. The highest BCUT2D eigenvalue weighted by Crippen LogP contribution is 2.31. The normalized spacial score (nSPS) is 10.7. The molecule has 0 unspecified atom stereocenters. The van der Waals surface area contributed by atoms with Crippen molar-refractivity contribution in [3.05, 3.63) is 35.4 Å². The molecule has 2 N–H and O–H groups in total. The summed E-state index contributed by atoms with van der Waals surface area (Å²) in [7, 11) is 3.18. The van der Waals surface area contributed by atoms with Gasteiger partial charge in [-0.05, 0) is 13.0 Å². The van der Waals surface area contributed by atoms with Crippen molar-refractivity contribution in [1.82, 2.24) is 9.55 Å². The maximum Gasteiger partial charge on any atom is 0.190 e. The molecule has 0 aliphatic rings. The van der Waals surface area contributed by atoms with Crippen molar-refractivity contribution >= 4 is 17.3 Å². The number of benzene rings is 1. The molecule has 2 aromatic rings. The zero-order valence-corrected chi connectivity index (χ0v) is 11.2. The number of rotatable bonds is 4. The summed E-state index contributed by atoms with van der Waals surface area (Å²) in [5.41, 5.74) is 4.34. The highest BCUT2D eigenvalue weighted by molar-refractivity contribution is 6.32. The molecule has 0 saturated heterocycles. The lowest BCUT2D eigenvalue weighted by molar-refractivity contribution is -0.830. The molecule has 18 heavy (non-hydrogen) atoms. The fourth-order valence-electron chi connectivity index (χ4n) is 1.71. The zero-order valence-electron chi connectivity index (χ0n) is 10.5. The summed E-state index contributed by atoms with van der Waals surface area (Å²) in [5.74, 6) is 0.612. The van der Waals surface area contributed by atoms with E-state index in [0.717, 1.165) is 17.1 Å². The van der Waals surface area contributed by atoms with Gasteiger partial charge in [0.05, 0.1) is 31.3 Å². The second-order valence-electron chi connectivity index (χ2n) is 3.82. The van der Waals surface area contributed by atoms with E-state index in [9.17, 15) is 0 Å². The van der Waals surface area contributed by atoms with Crippen LogP contribution in [0.2, 0.25) is 5.02 Å². The van der Waals surface area contributed by atoms with E-state index in [1.54, 1.807) is 26.0 Å². The third-order valence-corrected chi connectivity index (χ3v) is 2.83. The van der Waals surface area contributed by atoms with E-state index in [1.165, 1.54) is 0 Å². The van der Waals surface area contributed by atoms with Gasteiger partial charge in [-0.3, -0.25) is 0 Å². The molecular weight excluding hydrogens is 254 g/mol. The number of aryl methyl sites for hydroxylation is 1. The minimum absolute atomic E-state index is 0.548. The van der Waals surface area contributed by atoms with Crippen molar-refractivity contribution in [2.24, 2.45) is 0 Å². The van der Waals surface area contributed by atoms with Gasteiger partial charge in [-0.25, -0.2) is 9.82 Å². The predicted molar refractivity (Wildman–Crippen MR) is 68.5 cm³/mol. The molecule has 0 bridgehead atoms. The Balaban J connectivity index is 2.54. The summed E-state index contributed by atoms with van der Waals surface area (Å²) >= 11 is 6.14. The smallest absolute Gasteiger partial charge is 0.190 e. The number of nitrogens with two attached hydrogens (primary N) is 1. The van der Waals surface area contributed by atoms with Crippen molar-refractivity contribution < 1.29 is 15.1 Å². The molecule has 6 heteroatoms. The lowest BCUT2D eigenvalue weighted by Gasteiger charge is -2.10. The van der Waals surface area contributed by atoms with E-state index in [2.05, 4.69) is 4.98 Å². The van der Waals surface area contributed by atoms with Gasteiger partial charge in [-0.2, -0.15) is 5.48 Å². The maximum atomic E-state index is 6.14. The van der Waals surface area contributed by atoms with Crippen LogP contribution in [0.15, 0.2) is 24.7 Å². The molecule has 0 fully saturated rings. The van der Waals surface area contributed by atoms with E-state index in [0.29, 0.717) is 10.8 Å². The Hall–Kier alpha value is -1.56. The van der Waals surface area contributed by atoms with Gasteiger partial charge in [0.1, 0.15) is 11.4 Å². The molecule has 1 aromatic carbocycles. The Morgan fingerprint density at radius 3 is 2.67 bits per heavy atom. The average molecular weight is 269 g/mol. The summed E-state index contributed by atoms with van der Waals surface area (Å²) in [6, 6.07) is 3.66. The van der Waals surface area contributed by atoms with E-state index in [-0.39, 0.29) is 0 Å². The van der Waals surface area contributed by atoms with E-state index >= 15 is 0 Å². The number of hydrogen-bond donors (Lipinski definition) is 1. The topological polar surface area (TPSA) is 52.9 Å². The lowest BCUT2D eigenvalue weighted by Crippen LogP contribution is -2.76. The third kappa shape index (κ3) is 2.48. The van der Waals surface area contributed by atoms with Gasteiger partial charge in [0.15, 0.2) is 5.69 Å². The Labute approximate surface area is 110 Å². The number of imidazole rings is 1. The minimum Gasteiger partial charge on any atom is -0.495 e. The summed E-state index contributed by atoms with van der Waals surface area (Å²) in [4.78, 5) is 9.28. The van der Waals surface area contributed by atoms with Crippen molar-refractivity contribution in [1.29, 1.82) is 0 Å². The van der Waals surface area contributed by atoms with Crippen molar-refractivity contribution in [2.45, 2.75) is 6.92 Å². The highest BCUT2D eigenvalue weighted by atomic mass is 35.5. The van der Waals surface area contributed by atoms with Gasteiger partial charge < -0.3 is 9.30 Å². The van der Waals surface area contributed by atoms with Crippen LogP contribution in [0.3, 0.4) is 0 Å². The summed E-state index contributed by atoms with van der Waals surface area (Å²) in [6.45, 7) is 1.93. The quantitative estimate of drug-likeness (QED) is 0.677. The number of halogens is 1. The molecule has 2 rings (SSSR count). The third-order valence-electron chi connectivity index (χ3n) is 2.54. The van der Waals surface area contributed by atoms with Crippen LogP contribution in [0.4, 0.5) is 5.69 Å². The molecule has 1 aromatic heterocycles. The first-order valence-electron chi connectivity index (χ1n) is 5.40. The van der Waals surface area contributed by atoms with Gasteiger partial charge in [0, 0.05) is 12.3 Å². The van der Waals surface area contributed by atoms with Gasteiger partial charge >= 0.3 is 0 Å². The number of quaternary nitrogens is 1. The fourth-order valence-corrected chi connectivity index (χ4v) is 1.95. The number of aromatic nitrogens is 2. The van der Waals surface area contributed by atoms with Crippen LogP contribution in [0, 0.1) is 6.92 Å². The molecule has 0 saturated carbocycles. The van der Waals surface area contributed by atoms with E-state index < -0.39 is 0 Å². The number of ether oxygens (including phenoxy) is 1. The second kappa shape index (κ2) is 5.39. The first-order valence-corrected chi connectivity index (χ1v) is 5.78. The average Bonchev–Trinajstić information content (AvgIpc) is 2.78. The monoisotopic (exact) mass is 268 g/mol. The standard InChI is InChI=1S/C12H14ClN3O2/c1-8-6-16(7-14-8)11-4-9(13)12(17-2)5-10(11)15-18-3/h4-7,15H,1-3H3/p+1. The van der Waals surface area contributed by atoms with Crippen molar-refractivity contribution in [2.75, 3.05) is 14.2 Å². The SMILES string of the molecule is CO[NH2+]c1cc(OC)c(Cl)cc1-n1cnc(C)c1. The highest BCUT2D eigenvalue weighted by Gasteiger charge is 2.14. The molecule has 0 aliphatic heterocycles. The summed E-state index contributed by atoms with van der Waals surface area (Å²) < 4.78 is 7.09. The first-order chi connectivity index (χ1) is 8.65. The summed E-state index contributed by atoms with van der Waals surface area (Å²) in [6.07, 6.45) is 3.66. The molecule has 5 nitrogen and oxygen atoms in total. The lowest BCUT2D eigenvalue weighted by atomic mass is 10.2. The molecule has 0 atom stereocenters. The van der Waals surface area contributed by atoms with Crippen LogP contribution in [0.25, 0.3) is 5.69 Å². The molecule has 0 spiro atoms. The Morgan fingerprint density at radius 2 is 2.11 bits per heavy atom. The van der Waals surface area contributed by atoms with Crippen LogP contribution in [0.5, 0.6) is 5.75 Å². The Morgan fingerprint density at radius 1 is 1.33 bits per heavy atom. The second-order valence-corrected chi connectivity index (χ2v) is 4.23. The molecule has 0 aliphatic carbocycles. The van der Waals surface area contributed by atoms with Crippen LogP contribution in [-0.2, 0) is 4.84 Å². The molecule has 1 heterocycles. The molecular formula is C12H15ClN3O2+. The Bertz CT molecular complexity index is 554. The van der Waals surface area contributed by atoms with Crippen LogP contribution in [-0.4, -0.2) is 23.8 Å². The molecule has 0 radical (unpaired) electrons. The first kappa shape index (κ1) is 12.9. The predicted octanol–water partition coefficient (Wildman–Crippen LogP) is 1.60. The van der Waals surface area contributed by atoms with Gasteiger partial charge in [-0.1, -0.05) is 11.6 Å². The van der Waals surface area contributed by atoms with Crippen LogP contribution < -0.4 is 10.2 Å². The van der Waals surface area contributed by atoms with Crippen LogP contribution >= 0.6 is 11.6 Å². The summed E-state index contributed by atoms with van der Waals surface area (Å²) in [5, 5.41) is 0.548. The minimum atomic E-state index is 0.548. The largest absolute Gasteiger partial charge is 0.495 e. The van der Waals surface area contributed by atoms with E-state index in [4.69, 9.17) is 21.2 Å². The zero-order chi connectivity index (χ0) is 13.1. The van der Waals surface area contributed by atoms with Gasteiger partial charge in [0.25, 0.3) is 0 Å².